The number of nitrogens with one attached hydrogen (secondary N) is 1. The second-order valence-electron chi connectivity index (χ2n) is 4.22. The average molecular weight is 288 g/mol. The number of aromatic nitrogens is 2. The third kappa shape index (κ3) is 2.19. The first kappa shape index (κ1) is 12.5. The molecular formula is C14H10ClN3O2. The van der Waals surface area contributed by atoms with Crippen LogP contribution in [-0.4, -0.2) is 10.1 Å². The molecule has 0 unspecified atom stereocenters. The molecule has 0 spiro atoms. The van der Waals surface area contributed by atoms with Crippen LogP contribution >= 0.6 is 11.6 Å². The zero-order chi connectivity index (χ0) is 14.1. The summed E-state index contributed by atoms with van der Waals surface area (Å²) in [6, 6.07) is 10.3. The van der Waals surface area contributed by atoms with E-state index in [4.69, 9.17) is 21.9 Å². The number of rotatable bonds is 2. The quantitative estimate of drug-likeness (QED) is 0.759. The monoisotopic (exact) mass is 287 g/mol. The molecule has 0 saturated heterocycles. The van der Waals surface area contributed by atoms with Crippen LogP contribution in [0.5, 0.6) is 0 Å². The fourth-order valence-corrected chi connectivity index (χ4v) is 2.16. The number of nitrogen functional groups attached to an aromatic ring is 1. The molecule has 0 aliphatic rings. The minimum absolute atomic E-state index is 0.189. The SMILES string of the molecule is Nc1noc(-c2ccc(=O)[nH]c2)c1-c1cccc(Cl)c1. The van der Waals surface area contributed by atoms with Gasteiger partial charge in [0.25, 0.3) is 0 Å². The molecule has 5 nitrogen and oxygen atoms in total. The second kappa shape index (κ2) is 4.86. The molecule has 2 heterocycles. The fourth-order valence-electron chi connectivity index (χ4n) is 1.97. The van der Waals surface area contributed by atoms with E-state index in [-0.39, 0.29) is 11.4 Å². The normalized spacial score (nSPS) is 10.7. The lowest BCUT2D eigenvalue weighted by atomic mass is 10.0. The van der Waals surface area contributed by atoms with Gasteiger partial charge in [0.05, 0.1) is 5.56 Å². The van der Waals surface area contributed by atoms with E-state index in [0.29, 0.717) is 21.9 Å². The summed E-state index contributed by atoms with van der Waals surface area (Å²) in [4.78, 5) is 13.7. The Morgan fingerprint density at radius 1 is 1.20 bits per heavy atom. The van der Waals surface area contributed by atoms with Crippen LogP contribution in [0.2, 0.25) is 5.02 Å². The summed E-state index contributed by atoms with van der Waals surface area (Å²) in [6.45, 7) is 0. The van der Waals surface area contributed by atoms with Gasteiger partial charge in [0.15, 0.2) is 11.6 Å². The zero-order valence-electron chi connectivity index (χ0n) is 10.3. The van der Waals surface area contributed by atoms with E-state index in [1.807, 2.05) is 12.1 Å². The van der Waals surface area contributed by atoms with Gasteiger partial charge in [-0.25, -0.2) is 0 Å². The first-order chi connectivity index (χ1) is 9.65. The van der Waals surface area contributed by atoms with E-state index in [2.05, 4.69) is 10.1 Å². The minimum Gasteiger partial charge on any atom is -0.380 e. The molecule has 0 bridgehead atoms. The number of nitrogens with two attached hydrogens (primary N) is 1. The highest BCUT2D eigenvalue weighted by molar-refractivity contribution is 6.30. The Labute approximate surface area is 119 Å². The Bertz CT molecular complexity index is 803. The van der Waals surface area contributed by atoms with Crippen molar-refractivity contribution >= 4 is 17.4 Å². The molecule has 0 aliphatic heterocycles. The maximum atomic E-state index is 11.1. The van der Waals surface area contributed by atoms with E-state index in [1.165, 1.54) is 6.07 Å². The molecule has 0 saturated carbocycles. The van der Waals surface area contributed by atoms with Crippen LogP contribution in [0.4, 0.5) is 5.82 Å². The predicted octanol–water partition coefficient (Wildman–Crippen LogP) is 2.93. The van der Waals surface area contributed by atoms with Crippen LogP contribution in [0.25, 0.3) is 22.5 Å². The van der Waals surface area contributed by atoms with Crippen LogP contribution in [0.1, 0.15) is 0 Å². The van der Waals surface area contributed by atoms with Gasteiger partial charge in [0, 0.05) is 22.8 Å². The zero-order valence-corrected chi connectivity index (χ0v) is 11.0. The summed E-state index contributed by atoms with van der Waals surface area (Å²) < 4.78 is 5.28. The Kier molecular flexibility index (Phi) is 3.04. The number of benzene rings is 1. The molecule has 1 aromatic carbocycles. The van der Waals surface area contributed by atoms with E-state index in [1.54, 1.807) is 24.4 Å². The van der Waals surface area contributed by atoms with Gasteiger partial charge >= 0.3 is 0 Å². The average Bonchev–Trinajstić information content (AvgIpc) is 2.81. The fraction of sp³-hybridized carbons (Fsp3) is 0. The Balaban J connectivity index is 2.19. The van der Waals surface area contributed by atoms with Crippen LogP contribution in [-0.2, 0) is 0 Å². The van der Waals surface area contributed by atoms with Crippen molar-refractivity contribution in [3.63, 3.8) is 0 Å². The van der Waals surface area contributed by atoms with Crippen molar-refractivity contribution in [3.8, 4) is 22.5 Å². The van der Waals surface area contributed by atoms with Crippen molar-refractivity contribution in [1.29, 1.82) is 0 Å². The first-order valence-electron chi connectivity index (χ1n) is 5.85. The summed E-state index contributed by atoms with van der Waals surface area (Å²) in [5.41, 5.74) is 7.82. The maximum Gasteiger partial charge on any atom is 0.247 e. The molecule has 0 aliphatic carbocycles. The van der Waals surface area contributed by atoms with Crippen LogP contribution in [0, 0.1) is 0 Å². The Morgan fingerprint density at radius 2 is 2.05 bits per heavy atom. The highest BCUT2D eigenvalue weighted by Gasteiger charge is 2.17. The van der Waals surface area contributed by atoms with Crippen LogP contribution < -0.4 is 11.3 Å². The molecule has 3 N–H and O–H groups in total. The van der Waals surface area contributed by atoms with Crippen molar-refractivity contribution < 1.29 is 4.52 Å². The summed E-state index contributed by atoms with van der Waals surface area (Å²) in [5, 5.41) is 4.38. The molecule has 0 amide bonds. The molecule has 3 rings (SSSR count). The topological polar surface area (TPSA) is 84.9 Å². The summed E-state index contributed by atoms with van der Waals surface area (Å²) in [7, 11) is 0. The van der Waals surface area contributed by atoms with Gasteiger partial charge in [-0.05, 0) is 23.8 Å². The van der Waals surface area contributed by atoms with Crippen LogP contribution in [0.15, 0.2) is 51.9 Å². The smallest absolute Gasteiger partial charge is 0.247 e. The van der Waals surface area contributed by atoms with Crippen molar-refractivity contribution in [3.05, 3.63) is 58.0 Å². The maximum absolute atomic E-state index is 11.1. The molecule has 100 valence electrons. The van der Waals surface area contributed by atoms with Crippen LogP contribution in [0.3, 0.4) is 0 Å². The lowest BCUT2D eigenvalue weighted by molar-refractivity contribution is 0.436. The first-order valence-corrected chi connectivity index (χ1v) is 6.23. The number of aromatic amines is 1. The summed E-state index contributed by atoms with van der Waals surface area (Å²) in [5.74, 6) is 0.759. The van der Waals surface area contributed by atoms with E-state index >= 15 is 0 Å². The van der Waals surface area contributed by atoms with Gasteiger partial charge in [-0.2, -0.15) is 0 Å². The van der Waals surface area contributed by atoms with Crippen molar-refractivity contribution in [2.24, 2.45) is 0 Å². The number of hydrogen-bond acceptors (Lipinski definition) is 4. The molecule has 0 radical (unpaired) electrons. The van der Waals surface area contributed by atoms with Gasteiger partial charge in [0.1, 0.15) is 0 Å². The van der Waals surface area contributed by atoms with E-state index < -0.39 is 0 Å². The predicted molar refractivity (Wildman–Crippen MR) is 77.4 cm³/mol. The Hall–Kier alpha value is -2.53. The van der Waals surface area contributed by atoms with Gasteiger partial charge in [0.2, 0.25) is 5.56 Å². The number of halogens is 1. The lowest BCUT2D eigenvalue weighted by Crippen LogP contribution is -2.01. The van der Waals surface area contributed by atoms with E-state index in [0.717, 1.165) is 5.56 Å². The van der Waals surface area contributed by atoms with Crippen molar-refractivity contribution in [1.82, 2.24) is 10.1 Å². The highest BCUT2D eigenvalue weighted by atomic mass is 35.5. The van der Waals surface area contributed by atoms with Gasteiger partial charge in [-0.3, -0.25) is 4.79 Å². The number of anilines is 1. The molecule has 2 aromatic heterocycles. The largest absolute Gasteiger partial charge is 0.380 e. The number of pyridine rings is 1. The third-order valence-corrected chi connectivity index (χ3v) is 3.11. The number of nitrogens with zero attached hydrogens (tertiary/aromatic N) is 1. The standard InChI is InChI=1S/C14H10ClN3O2/c15-10-3-1-2-8(6-10)12-13(20-18-14(12)16)9-4-5-11(19)17-7-9/h1-7H,(H2,16,18)(H,17,19). The summed E-state index contributed by atoms with van der Waals surface area (Å²) >= 11 is 5.99. The minimum atomic E-state index is -0.189. The Morgan fingerprint density at radius 3 is 2.75 bits per heavy atom. The van der Waals surface area contributed by atoms with Gasteiger partial charge in [-0.15, -0.1) is 0 Å². The summed E-state index contributed by atoms with van der Waals surface area (Å²) in [6.07, 6.45) is 1.55. The second-order valence-corrected chi connectivity index (χ2v) is 4.66. The van der Waals surface area contributed by atoms with Gasteiger partial charge in [-0.1, -0.05) is 28.9 Å². The van der Waals surface area contributed by atoms with Crippen molar-refractivity contribution in [2.45, 2.75) is 0 Å². The van der Waals surface area contributed by atoms with E-state index in [9.17, 15) is 4.79 Å². The molecule has 20 heavy (non-hydrogen) atoms. The van der Waals surface area contributed by atoms with Gasteiger partial charge < -0.3 is 15.2 Å². The molecular weight excluding hydrogens is 278 g/mol. The number of H-pyrrole nitrogens is 1. The third-order valence-electron chi connectivity index (χ3n) is 2.88. The molecule has 0 atom stereocenters. The molecule has 0 fully saturated rings. The molecule has 6 heteroatoms. The molecule has 3 aromatic rings. The highest BCUT2D eigenvalue weighted by Crippen LogP contribution is 2.36. The lowest BCUT2D eigenvalue weighted by Gasteiger charge is -2.03. The van der Waals surface area contributed by atoms with Crippen molar-refractivity contribution in [2.75, 3.05) is 5.73 Å². The number of hydrogen-bond donors (Lipinski definition) is 2.